The fourth-order valence-electron chi connectivity index (χ4n) is 4.37. The lowest BCUT2D eigenvalue weighted by atomic mass is 10.0. The molecule has 4 amide bonds. The highest BCUT2D eigenvalue weighted by Gasteiger charge is 2.39. The lowest BCUT2D eigenvalue weighted by Crippen LogP contribution is -2.36. The van der Waals surface area contributed by atoms with Crippen LogP contribution in [0.1, 0.15) is 28.8 Å². The molecule has 0 spiro atoms. The third-order valence-electron chi connectivity index (χ3n) is 6.08. The minimum absolute atomic E-state index is 0.0738. The number of hydrogen-bond acceptors (Lipinski definition) is 4. The van der Waals surface area contributed by atoms with Crippen LogP contribution in [0, 0.1) is 0 Å². The minimum Gasteiger partial charge on any atom is -0.361 e. The Bertz CT molecular complexity index is 1230. The number of fused-ring (bicyclic) bond motifs is 1. The molecule has 3 aromatic rings. The minimum atomic E-state index is -0.710. The first-order valence-corrected chi connectivity index (χ1v) is 10.6. The van der Waals surface area contributed by atoms with E-state index in [9.17, 15) is 19.2 Å². The number of anilines is 1. The van der Waals surface area contributed by atoms with Crippen molar-refractivity contribution in [3.8, 4) is 0 Å². The number of nitrogens with one attached hydrogen (secondary N) is 2. The maximum atomic E-state index is 12.8. The van der Waals surface area contributed by atoms with E-state index in [0.717, 1.165) is 33.5 Å². The molecule has 2 aliphatic heterocycles. The first kappa shape index (κ1) is 20.0. The van der Waals surface area contributed by atoms with Gasteiger partial charge >= 0.3 is 6.03 Å². The molecule has 3 heterocycles. The van der Waals surface area contributed by atoms with Gasteiger partial charge in [0.15, 0.2) is 5.78 Å². The molecule has 8 nitrogen and oxygen atoms in total. The molecule has 0 aliphatic carbocycles. The van der Waals surface area contributed by atoms with Crippen molar-refractivity contribution >= 4 is 40.2 Å². The zero-order valence-electron chi connectivity index (χ0n) is 17.3. The van der Waals surface area contributed by atoms with E-state index in [1.165, 1.54) is 0 Å². The Morgan fingerprint density at radius 1 is 1.03 bits per heavy atom. The van der Waals surface area contributed by atoms with Crippen LogP contribution in [-0.4, -0.2) is 52.6 Å². The molecular weight excluding hydrogens is 408 g/mol. The number of urea groups is 1. The summed E-state index contributed by atoms with van der Waals surface area (Å²) in [5.74, 6) is -0.668. The first-order valence-electron chi connectivity index (χ1n) is 10.6. The van der Waals surface area contributed by atoms with E-state index < -0.39 is 18.0 Å². The van der Waals surface area contributed by atoms with Gasteiger partial charge in [0, 0.05) is 47.7 Å². The molecule has 0 bridgehead atoms. The van der Waals surface area contributed by atoms with Crippen molar-refractivity contribution in [1.29, 1.82) is 0 Å². The summed E-state index contributed by atoms with van der Waals surface area (Å²) in [6, 6.07) is 13.2. The Balaban J connectivity index is 1.26. The molecule has 2 N–H and O–H groups in total. The molecule has 0 radical (unpaired) electrons. The number of para-hydroxylation sites is 1. The van der Waals surface area contributed by atoms with E-state index in [2.05, 4.69) is 10.3 Å². The molecule has 2 aliphatic rings. The van der Waals surface area contributed by atoms with Gasteiger partial charge in [-0.3, -0.25) is 19.3 Å². The average Bonchev–Trinajstić information content (AvgIpc) is 3.48. The first-order chi connectivity index (χ1) is 15.5. The standard InChI is InChI=1S/C24H22N4O4/c29-21(15-7-9-17(10-8-15)27-11-3-6-22(27)30)14-28-23(31)20(26-24(28)32)12-16-13-25-19-5-2-1-4-18(16)19/h1-2,4-5,7-10,13,20,25H,3,6,11-12,14H2,(H,26,32). The van der Waals surface area contributed by atoms with Crippen LogP contribution in [0.2, 0.25) is 0 Å². The summed E-state index contributed by atoms with van der Waals surface area (Å²) in [6.45, 7) is 0.351. The molecule has 1 atom stereocenters. The molecule has 1 unspecified atom stereocenters. The van der Waals surface area contributed by atoms with Crippen molar-refractivity contribution in [3.63, 3.8) is 0 Å². The zero-order chi connectivity index (χ0) is 22.2. The van der Waals surface area contributed by atoms with E-state index >= 15 is 0 Å². The van der Waals surface area contributed by atoms with Crippen molar-refractivity contribution in [1.82, 2.24) is 15.2 Å². The van der Waals surface area contributed by atoms with Crippen molar-refractivity contribution in [2.75, 3.05) is 18.0 Å². The largest absolute Gasteiger partial charge is 0.361 e. The molecule has 0 saturated carbocycles. The summed E-state index contributed by atoms with van der Waals surface area (Å²) >= 11 is 0. The van der Waals surface area contributed by atoms with Crippen molar-refractivity contribution in [2.24, 2.45) is 0 Å². The topological polar surface area (TPSA) is 103 Å². The number of aromatic amines is 1. The van der Waals surface area contributed by atoms with E-state index in [0.29, 0.717) is 24.9 Å². The number of carbonyl (C=O) groups excluding carboxylic acids is 4. The Kier molecular flexibility index (Phi) is 4.97. The smallest absolute Gasteiger partial charge is 0.325 e. The van der Waals surface area contributed by atoms with Gasteiger partial charge < -0.3 is 15.2 Å². The highest BCUT2D eigenvalue weighted by atomic mass is 16.2. The highest BCUT2D eigenvalue weighted by molar-refractivity contribution is 6.09. The van der Waals surface area contributed by atoms with Gasteiger partial charge in [-0.25, -0.2) is 4.79 Å². The van der Waals surface area contributed by atoms with Crippen LogP contribution in [-0.2, 0) is 16.0 Å². The summed E-state index contributed by atoms with van der Waals surface area (Å²) in [5.41, 5.74) is 3.03. The van der Waals surface area contributed by atoms with Gasteiger partial charge in [0.05, 0.1) is 6.54 Å². The lowest BCUT2D eigenvalue weighted by Gasteiger charge is -2.16. The number of H-pyrrole nitrogens is 1. The second-order valence-corrected chi connectivity index (χ2v) is 8.11. The molecule has 5 rings (SSSR count). The molecule has 2 aromatic carbocycles. The zero-order valence-corrected chi connectivity index (χ0v) is 17.3. The Morgan fingerprint density at radius 3 is 2.56 bits per heavy atom. The molecule has 2 saturated heterocycles. The molecule has 2 fully saturated rings. The normalized spacial score (nSPS) is 18.6. The van der Waals surface area contributed by atoms with E-state index in [4.69, 9.17) is 0 Å². The summed E-state index contributed by atoms with van der Waals surface area (Å²) < 4.78 is 0. The lowest BCUT2D eigenvalue weighted by molar-refractivity contribution is -0.127. The van der Waals surface area contributed by atoms with Crippen LogP contribution in [0.25, 0.3) is 10.9 Å². The molecule has 8 heteroatoms. The number of amides is 4. The van der Waals surface area contributed by atoms with Crippen LogP contribution in [0.5, 0.6) is 0 Å². The third kappa shape index (κ3) is 3.53. The van der Waals surface area contributed by atoms with Crippen molar-refractivity contribution in [2.45, 2.75) is 25.3 Å². The van der Waals surface area contributed by atoms with Gasteiger partial charge in [-0.05, 0) is 42.3 Å². The van der Waals surface area contributed by atoms with E-state index in [1.807, 2.05) is 30.5 Å². The highest BCUT2D eigenvalue weighted by Crippen LogP contribution is 2.23. The number of ketones is 1. The number of carbonyl (C=O) groups is 4. The second kappa shape index (κ2) is 7.96. The van der Waals surface area contributed by atoms with Gasteiger partial charge in [-0.15, -0.1) is 0 Å². The van der Waals surface area contributed by atoms with Crippen LogP contribution in [0.4, 0.5) is 10.5 Å². The predicted molar refractivity (Wildman–Crippen MR) is 118 cm³/mol. The third-order valence-corrected chi connectivity index (χ3v) is 6.08. The van der Waals surface area contributed by atoms with Crippen LogP contribution in [0.15, 0.2) is 54.7 Å². The average molecular weight is 430 g/mol. The SMILES string of the molecule is O=C(CN1C(=O)NC(Cc2c[nH]c3ccccc23)C1=O)c1ccc(N2CCCC2=O)cc1. The summed E-state index contributed by atoms with van der Waals surface area (Å²) in [4.78, 5) is 55.7. The maximum absolute atomic E-state index is 12.8. The number of hydrogen-bond donors (Lipinski definition) is 2. The van der Waals surface area contributed by atoms with Gasteiger partial charge in [-0.2, -0.15) is 0 Å². The maximum Gasteiger partial charge on any atom is 0.325 e. The Labute approximate surface area is 184 Å². The van der Waals surface area contributed by atoms with Crippen LogP contribution >= 0.6 is 0 Å². The van der Waals surface area contributed by atoms with Crippen molar-refractivity contribution < 1.29 is 19.2 Å². The number of imide groups is 1. The van der Waals surface area contributed by atoms with Crippen LogP contribution < -0.4 is 10.2 Å². The fraction of sp³-hybridized carbons (Fsp3) is 0.250. The number of rotatable bonds is 6. The molecule has 1 aromatic heterocycles. The summed E-state index contributed by atoms with van der Waals surface area (Å²) in [7, 11) is 0. The number of aromatic nitrogens is 1. The quantitative estimate of drug-likeness (QED) is 0.464. The molecule has 32 heavy (non-hydrogen) atoms. The van der Waals surface area contributed by atoms with Crippen LogP contribution in [0.3, 0.4) is 0 Å². The second-order valence-electron chi connectivity index (χ2n) is 8.11. The molecule has 162 valence electrons. The monoisotopic (exact) mass is 430 g/mol. The van der Waals surface area contributed by atoms with E-state index in [-0.39, 0.29) is 18.2 Å². The Hall–Kier alpha value is -3.94. The predicted octanol–water partition coefficient (Wildman–Crippen LogP) is 2.64. The van der Waals surface area contributed by atoms with Gasteiger partial charge in [-0.1, -0.05) is 18.2 Å². The van der Waals surface area contributed by atoms with Gasteiger partial charge in [0.2, 0.25) is 5.91 Å². The fourth-order valence-corrected chi connectivity index (χ4v) is 4.37. The number of Topliss-reactive ketones (excluding diaryl/α,β-unsaturated/α-hetero) is 1. The van der Waals surface area contributed by atoms with Crippen molar-refractivity contribution in [3.05, 3.63) is 65.9 Å². The Morgan fingerprint density at radius 2 is 1.81 bits per heavy atom. The molecular formula is C24H22N4O4. The van der Waals surface area contributed by atoms with E-state index in [1.54, 1.807) is 29.2 Å². The number of nitrogens with zero attached hydrogens (tertiary/aromatic N) is 2. The van der Waals surface area contributed by atoms with Gasteiger partial charge in [0.25, 0.3) is 5.91 Å². The summed E-state index contributed by atoms with van der Waals surface area (Å²) in [5, 5.41) is 3.69. The van der Waals surface area contributed by atoms with Gasteiger partial charge in [0.1, 0.15) is 6.04 Å². The number of benzene rings is 2. The summed E-state index contributed by atoms with van der Waals surface area (Å²) in [6.07, 6.45) is 3.54.